The lowest BCUT2D eigenvalue weighted by Gasteiger charge is -2.27. The Morgan fingerprint density at radius 2 is 1.37 bits per heavy atom. The summed E-state index contributed by atoms with van der Waals surface area (Å²) in [5.74, 6) is 0.174. The molecule has 0 spiro atoms. The van der Waals surface area contributed by atoms with E-state index in [0.717, 1.165) is 0 Å². The lowest BCUT2D eigenvalue weighted by Crippen LogP contribution is -2.26. The molecule has 0 amide bonds. The van der Waals surface area contributed by atoms with Gasteiger partial charge in [0, 0.05) is 0 Å². The van der Waals surface area contributed by atoms with E-state index in [1.807, 2.05) is 7.41 Å². The van der Waals surface area contributed by atoms with Crippen molar-refractivity contribution in [1.82, 2.24) is 0 Å². The average Bonchev–Trinajstić information content (AvgIpc) is 2.38. The van der Waals surface area contributed by atoms with E-state index in [1.54, 1.807) is 0 Å². The molecule has 111 valence electrons. The maximum absolute atomic E-state index is 5.45. The van der Waals surface area contributed by atoms with Gasteiger partial charge in [-0.1, -0.05) is 85.0 Å². The van der Waals surface area contributed by atoms with Gasteiger partial charge in [-0.2, -0.15) is 0 Å². The Labute approximate surface area is 120 Å². The van der Waals surface area contributed by atoms with E-state index in [9.17, 15) is 0 Å². The summed E-state index contributed by atoms with van der Waals surface area (Å²) < 4.78 is 0. The molecule has 1 radical (unpaired) electrons. The van der Waals surface area contributed by atoms with Crippen LogP contribution in [0.25, 0.3) is 0 Å². The van der Waals surface area contributed by atoms with Crippen LogP contribution >= 0.6 is 0 Å². The van der Waals surface area contributed by atoms with Crippen molar-refractivity contribution < 1.29 is 0 Å². The number of guanidine groups is 1. The Balaban J connectivity index is 4.15. The fraction of sp³-hybridized carbons (Fsp3) is 0.933. The molecule has 0 saturated carbocycles. The SMILES string of the molecule is CCCCCCC(C)([B]N=C(N)N)CCCCCC. The topological polar surface area (TPSA) is 64.4 Å². The van der Waals surface area contributed by atoms with Crippen molar-refractivity contribution in [2.75, 3.05) is 0 Å². The maximum Gasteiger partial charge on any atom is 0.286 e. The quantitative estimate of drug-likeness (QED) is 0.243. The second-order valence-corrected chi connectivity index (χ2v) is 5.96. The van der Waals surface area contributed by atoms with Crippen LogP contribution in [0.5, 0.6) is 0 Å². The number of nitrogens with zero attached hydrogens (tertiary/aromatic N) is 1. The summed E-state index contributed by atoms with van der Waals surface area (Å²) in [6.07, 6.45) is 12.8. The van der Waals surface area contributed by atoms with Gasteiger partial charge in [-0.3, -0.25) is 0 Å². The third-order valence-electron chi connectivity index (χ3n) is 3.73. The largest absolute Gasteiger partial charge is 0.371 e. The summed E-state index contributed by atoms with van der Waals surface area (Å²) in [5, 5.41) is 0.158. The van der Waals surface area contributed by atoms with E-state index in [-0.39, 0.29) is 11.3 Å². The second-order valence-electron chi connectivity index (χ2n) is 5.96. The van der Waals surface area contributed by atoms with Crippen LogP contribution < -0.4 is 11.5 Å². The Hall–Kier alpha value is -0.665. The molecular weight excluding hydrogens is 233 g/mol. The number of nitrogens with two attached hydrogens (primary N) is 2. The minimum Gasteiger partial charge on any atom is -0.371 e. The predicted molar refractivity (Wildman–Crippen MR) is 87.4 cm³/mol. The van der Waals surface area contributed by atoms with Crippen molar-refractivity contribution >= 4 is 13.4 Å². The minimum atomic E-state index is 0.158. The third-order valence-corrected chi connectivity index (χ3v) is 3.73. The zero-order valence-corrected chi connectivity index (χ0v) is 13.3. The molecule has 0 atom stereocenters. The smallest absolute Gasteiger partial charge is 0.286 e. The van der Waals surface area contributed by atoms with Gasteiger partial charge in [0.15, 0.2) is 5.96 Å². The van der Waals surface area contributed by atoms with Crippen molar-refractivity contribution in [3.05, 3.63) is 0 Å². The fourth-order valence-electron chi connectivity index (χ4n) is 2.40. The van der Waals surface area contributed by atoms with Gasteiger partial charge in [0.25, 0.3) is 7.41 Å². The van der Waals surface area contributed by atoms with Gasteiger partial charge >= 0.3 is 0 Å². The average molecular weight is 266 g/mol. The van der Waals surface area contributed by atoms with E-state index >= 15 is 0 Å². The molecule has 3 nitrogen and oxygen atoms in total. The fourth-order valence-corrected chi connectivity index (χ4v) is 2.40. The molecule has 19 heavy (non-hydrogen) atoms. The number of hydrogen-bond donors (Lipinski definition) is 2. The Morgan fingerprint density at radius 3 is 1.74 bits per heavy atom. The van der Waals surface area contributed by atoms with Crippen LogP contribution in [0.4, 0.5) is 0 Å². The molecule has 0 aliphatic heterocycles. The monoisotopic (exact) mass is 266 g/mol. The molecule has 0 aromatic rings. The zero-order valence-electron chi connectivity index (χ0n) is 13.3. The number of unbranched alkanes of at least 4 members (excludes halogenated alkanes) is 6. The van der Waals surface area contributed by atoms with Crippen LogP contribution in [0.1, 0.15) is 85.0 Å². The lowest BCUT2D eigenvalue weighted by molar-refractivity contribution is 0.450. The number of rotatable bonds is 12. The lowest BCUT2D eigenvalue weighted by atomic mass is 9.57. The molecule has 0 saturated heterocycles. The molecule has 4 N–H and O–H groups in total. The van der Waals surface area contributed by atoms with Crippen molar-refractivity contribution in [2.45, 2.75) is 90.3 Å². The molecule has 0 fully saturated rings. The van der Waals surface area contributed by atoms with Gasteiger partial charge < -0.3 is 16.4 Å². The molecule has 0 aromatic heterocycles. The third kappa shape index (κ3) is 10.9. The molecule has 0 heterocycles. The molecular formula is C15H33BN3. The van der Waals surface area contributed by atoms with Crippen molar-refractivity contribution in [2.24, 2.45) is 16.4 Å². The van der Waals surface area contributed by atoms with Gasteiger partial charge in [-0.05, 0) is 5.31 Å². The van der Waals surface area contributed by atoms with Gasteiger partial charge in [0.05, 0.1) is 0 Å². The molecule has 0 unspecified atom stereocenters. The van der Waals surface area contributed by atoms with E-state index in [2.05, 4.69) is 25.7 Å². The van der Waals surface area contributed by atoms with Crippen LogP contribution in [0, 0.1) is 0 Å². The van der Waals surface area contributed by atoms with Gasteiger partial charge in [0.2, 0.25) is 0 Å². The van der Waals surface area contributed by atoms with E-state index < -0.39 is 0 Å². The van der Waals surface area contributed by atoms with Crippen molar-refractivity contribution in [3.8, 4) is 0 Å². The maximum atomic E-state index is 5.45. The minimum absolute atomic E-state index is 0.158. The first kappa shape index (κ1) is 18.3. The summed E-state index contributed by atoms with van der Waals surface area (Å²) >= 11 is 0. The molecule has 0 rings (SSSR count). The summed E-state index contributed by atoms with van der Waals surface area (Å²) in [4.78, 5) is 4.14. The van der Waals surface area contributed by atoms with E-state index in [1.165, 1.54) is 64.2 Å². The molecule has 0 aliphatic carbocycles. The second kappa shape index (κ2) is 11.2. The summed E-state index contributed by atoms with van der Waals surface area (Å²) in [5.41, 5.74) is 10.9. The van der Waals surface area contributed by atoms with E-state index in [4.69, 9.17) is 11.5 Å². The van der Waals surface area contributed by atoms with Crippen molar-refractivity contribution in [1.29, 1.82) is 0 Å². The van der Waals surface area contributed by atoms with Gasteiger partial charge in [0.1, 0.15) is 0 Å². The van der Waals surface area contributed by atoms with Crippen LogP contribution in [0.15, 0.2) is 4.90 Å². The molecule has 0 bridgehead atoms. The van der Waals surface area contributed by atoms with Gasteiger partial charge in [-0.15, -0.1) is 0 Å². The first-order valence-electron chi connectivity index (χ1n) is 7.97. The van der Waals surface area contributed by atoms with Crippen molar-refractivity contribution in [3.63, 3.8) is 0 Å². The number of hydrogen-bond acceptors (Lipinski definition) is 1. The summed E-state index contributed by atoms with van der Waals surface area (Å²) in [7, 11) is 1.99. The Bertz CT molecular complexity index is 226. The standard InChI is InChI=1S/C15H33BN3/c1-4-6-8-10-12-15(3,16-19-14(17)18)13-11-9-7-5-2/h4-13H2,1-3H3,(H4,17,18,19). The molecule has 4 heteroatoms. The Kier molecular flexibility index (Phi) is 10.8. The zero-order chi connectivity index (χ0) is 14.6. The Morgan fingerprint density at radius 1 is 0.895 bits per heavy atom. The molecule has 0 aliphatic rings. The first-order valence-corrected chi connectivity index (χ1v) is 7.97. The highest BCUT2D eigenvalue weighted by molar-refractivity contribution is 6.40. The van der Waals surface area contributed by atoms with Crippen LogP contribution in [0.3, 0.4) is 0 Å². The van der Waals surface area contributed by atoms with Crippen LogP contribution in [0.2, 0.25) is 5.31 Å². The van der Waals surface area contributed by atoms with Crippen LogP contribution in [-0.2, 0) is 0 Å². The summed E-state index contributed by atoms with van der Waals surface area (Å²) in [6, 6.07) is 0. The highest BCUT2D eigenvalue weighted by atomic mass is 14.9. The van der Waals surface area contributed by atoms with Crippen LogP contribution in [-0.4, -0.2) is 13.4 Å². The van der Waals surface area contributed by atoms with Gasteiger partial charge in [-0.25, -0.2) is 0 Å². The summed E-state index contributed by atoms with van der Waals surface area (Å²) in [6.45, 7) is 6.78. The predicted octanol–water partition coefficient (Wildman–Crippen LogP) is 4.00. The highest BCUT2D eigenvalue weighted by Gasteiger charge is 2.25. The van der Waals surface area contributed by atoms with E-state index in [0.29, 0.717) is 0 Å². The normalized spacial score (nSPS) is 11.3. The highest BCUT2D eigenvalue weighted by Crippen LogP contribution is 2.37. The first-order chi connectivity index (χ1) is 9.04. The molecule has 0 aromatic carbocycles.